The highest BCUT2D eigenvalue weighted by molar-refractivity contribution is 5.98. The molecule has 4 aromatic rings. The summed E-state index contributed by atoms with van der Waals surface area (Å²) in [5.41, 5.74) is 7.07. The van der Waals surface area contributed by atoms with Crippen molar-refractivity contribution in [1.29, 1.82) is 0 Å². The third-order valence-electron chi connectivity index (χ3n) is 5.91. The Morgan fingerprint density at radius 3 is 2.66 bits per heavy atom. The second-order valence-corrected chi connectivity index (χ2v) is 8.26. The summed E-state index contributed by atoms with van der Waals surface area (Å²) in [4.78, 5) is 42.7. The van der Waals surface area contributed by atoms with Crippen LogP contribution >= 0.6 is 0 Å². The van der Waals surface area contributed by atoms with E-state index >= 15 is 0 Å². The van der Waals surface area contributed by atoms with E-state index in [1.165, 1.54) is 15.7 Å². The first kappa shape index (κ1) is 23.9. The Labute approximate surface area is 201 Å². The monoisotopic (exact) mass is 476 g/mol. The number of carbonyl (C=O) groups excluding carboxylic acids is 1. The fourth-order valence-electron chi connectivity index (χ4n) is 4.02. The molecule has 0 spiro atoms. The van der Waals surface area contributed by atoms with Gasteiger partial charge < -0.3 is 14.9 Å². The van der Waals surface area contributed by atoms with Crippen LogP contribution in [0.15, 0.2) is 68.8 Å². The fraction of sp³-hybridized carbons (Fsp3) is 0.269. The Balaban J connectivity index is 1.76. The number of ether oxygens (including phenoxy) is 1. The lowest BCUT2D eigenvalue weighted by atomic mass is 10.1. The van der Waals surface area contributed by atoms with Crippen LogP contribution in [-0.4, -0.2) is 22.6 Å². The van der Waals surface area contributed by atoms with Gasteiger partial charge in [-0.2, -0.15) is 0 Å². The van der Waals surface area contributed by atoms with Crippen molar-refractivity contribution < 1.29 is 13.9 Å². The Kier molecular flexibility index (Phi) is 7.05. The van der Waals surface area contributed by atoms with Gasteiger partial charge in [0.25, 0.3) is 5.56 Å². The normalized spacial score (nSPS) is 11.0. The highest BCUT2D eigenvalue weighted by atomic mass is 16.5. The van der Waals surface area contributed by atoms with Crippen LogP contribution in [0, 0.1) is 0 Å². The molecule has 9 nitrogen and oxygen atoms in total. The van der Waals surface area contributed by atoms with E-state index in [1.54, 1.807) is 19.2 Å². The molecule has 0 aliphatic rings. The van der Waals surface area contributed by atoms with Gasteiger partial charge in [0.15, 0.2) is 5.69 Å². The maximum absolute atomic E-state index is 13.7. The van der Waals surface area contributed by atoms with E-state index in [1.807, 2.05) is 43.3 Å². The number of hydrogen-bond acceptors (Lipinski definition) is 6. The summed E-state index contributed by atoms with van der Waals surface area (Å²) in [6, 6.07) is 14.7. The molecule has 0 fully saturated rings. The first-order chi connectivity index (χ1) is 16.9. The number of anilines is 2. The minimum absolute atomic E-state index is 0.0286. The highest BCUT2D eigenvalue weighted by Gasteiger charge is 2.25. The molecule has 3 N–H and O–H groups in total. The number of aromatic amines is 1. The molecule has 0 saturated carbocycles. The quantitative estimate of drug-likeness (QED) is 0.381. The van der Waals surface area contributed by atoms with Crippen LogP contribution in [-0.2, 0) is 24.3 Å². The van der Waals surface area contributed by atoms with Gasteiger partial charge in [-0.15, -0.1) is 0 Å². The van der Waals surface area contributed by atoms with Gasteiger partial charge in [0.05, 0.1) is 26.3 Å². The number of aromatic nitrogens is 2. The van der Waals surface area contributed by atoms with Crippen LogP contribution in [0.25, 0.3) is 11.0 Å². The third kappa shape index (κ3) is 4.98. The Morgan fingerprint density at radius 1 is 1.17 bits per heavy atom. The summed E-state index contributed by atoms with van der Waals surface area (Å²) in [6.45, 7) is 2.44. The van der Waals surface area contributed by atoms with E-state index in [2.05, 4.69) is 4.98 Å². The van der Waals surface area contributed by atoms with E-state index in [4.69, 9.17) is 14.9 Å². The largest absolute Gasteiger partial charge is 0.497 e. The number of fused-ring (bicyclic) bond motifs is 1. The van der Waals surface area contributed by atoms with Crippen LogP contribution in [0.4, 0.5) is 11.5 Å². The zero-order chi connectivity index (χ0) is 24.9. The molecule has 0 aliphatic carbocycles. The number of nitrogens with two attached hydrogens (primary N) is 1. The van der Waals surface area contributed by atoms with E-state index in [9.17, 15) is 14.4 Å². The summed E-state index contributed by atoms with van der Waals surface area (Å²) in [7, 11) is 1.57. The SMILES string of the molecule is CCCCn1c(N)c(N(Cc2ccccc2)C(=O)Cc2coc3cc(OC)ccc23)c(=O)[nH]c1=O. The molecule has 4 rings (SSSR count). The van der Waals surface area contributed by atoms with Gasteiger partial charge in [-0.1, -0.05) is 43.7 Å². The van der Waals surface area contributed by atoms with Gasteiger partial charge in [-0.25, -0.2) is 4.79 Å². The zero-order valence-electron chi connectivity index (χ0n) is 19.7. The summed E-state index contributed by atoms with van der Waals surface area (Å²) >= 11 is 0. The van der Waals surface area contributed by atoms with E-state index < -0.39 is 11.2 Å². The summed E-state index contributed by atoms with van der Waals surface area (Å²) in [5.74, 6) is 0.257. The third-order valence-corrected chi connectivity index (χ3v) is 5.91. The maximum atomic E-state index is 13.7. The van der Waals surface area contributed by atoms with Crippen LogP contribution < -0.4 is 26.6 Å². The number of nitrogen functional groups attached to an aromatic ring is 1. The lowest BCUT2D eigenvalue weighted by Crippen LogP contribution is -2.41. The van der Waals surface area contributed by atoms with Crippen LogP contribution in [0.2, 0.25) is 0 Å². The number of methoxy groups -OCH3 is 1. The number of nitrogens with zero attached hydrogens (tertiary/aromatic N) is 2. The topological polar surface area (TPSA) is 124 Å². The summed E-state index contributed by atoms with van der Waals surface area (Å²) < 4.78 is 12.2. The van der Waals surface area contributed by atoms with Crippen LogP contribution in [0.5, 0.6) is 5.75 Å². The number of hydrogen-bond donors (Lipinski definition) is 2. The first-order valence-electron chi connectivity index (χ1n) is 11.4. The number of furan rings is 1. The van der Waals surface area contributed by atoms with E-state index in [0.717, 1.165) is 17.4 Å². The molecule has 2 aromatic carbocycles. The second-order valence-electron chi connectivity index (χ2n) is 8.26. The number of benzene rings is 2. The standard InChI is InChI=1S/C26H28N4O5/c1-3-4-12-29-24(27)23(25(32)28-26(29)33)30(15-17-8-6-5-7-9-17)22(31)13-18-16-35-21-14-19(34-2)10-11-20(18)21/h5-11,14,16H,3-4,12-13,15,27H2,1-2H3,(H,28,32,33). The average molecular weight is 477 g/mol. The summed E-state index contributed by atoms with van der Waals surface area (Å²) in [6.07, 6.45) is 3.04. The van der Waals surface area contributed by atoms with Crippen molar-refractivity contribution >= 4 is 28.4 Å². The number of amides is 1. The van der Waals surface area contributed by atoms with Crippen molar-refractivity contribution in [2.24, 2.45) is 0 Å². The minimum atomic E-state index is -0.702. The molecule has 2 aromatic heterocycles. The number of carbonyl (C=O) groups is 1. The predicted molar refractivity (Wildman–Crippen MR) is 135 cm³/mol. The van der Waals surface area contributed by atoms with Crippen LogP contribution in [0.3, 0.4) is 0 Å². The van der Waals surface area contributed by atoms with Gasteiger partial charge in [-0.05, 0) is 24.1 Å². The van der Waals surface area contributed by atoms with E-state index in [0.29, 0.717) is 29.9 Å². The zero-order valence-corrected chi connectivity index (χ0v) is 19.7. The van der Waals surface area contributed by atoms with Crippen molar-refractivity contribution in [2.75, 3.05) is 17.7 Å². The highest BCUT2D eigenvalue weighted by Crippen LogP contribution is 2.27. The average Bonchev–Trinajstić information content (AvgIpc) is 3.25. The minimum Gasteiger partial charge on any atom is -0.497 e. The predicted octanol–water partition coefficient (Wildman–Crippen LogP) is 3.45. The molecule has 0 bridgehead atoms. The van der Waals surface area contributed by atoms with Gasteiger partial charge in [-0.3, -0.25) is 24.0 Å². The number of rotatable bonds is 9. The Bertz CT molecular complexity index is 1450. The molecule has 0 saturated heterocycles. The van der Waals surface area contributed by atoms with Crippen LogP contribution in [0.1, 0.15) is 30.9 Å². The lowest BCUT2D eigenvalue weighted by molar-refractivity contribution is -0.118. The second kappa shape index (κ2) is 10.3. The van der Waals surface area contributed by atoms with Crippen molar-refractivity contribution in [3.63, 3.8) is 0 Å². The van der Waals surface area contributed by atoms with Crippen molar-refractivity contribution in [3.8, 4) is 5.75 Å². The molecule has 0 atom stereocenters. The smallest absolute Gasteiger partial charge is 0.330 e. The Morgan fingerprint density at radius 2 is 1.94 bits per heavy atom. The van der Waals surface area contributed by atoms with Gasteiger partial charge in [0.1, 0.15) is 17.2 Å². The van der Waals surface area contributed by atoms with Crippen molar-refractivity contribution in [2.45, 2.75) is 39.3 Å². The molecule has 35 heavy (non-hydrogen) atoms. The molecule has 0 unspecified atom stereocenters. The molecule has 2 heterocycles. The first-order valence-corrected chi connectivity index (χ1v) is 11.4. The number of nitrogens with one attached hydrogen (secondary N) is 1. The molecule has 9 heteroatoms. The molecular formula is C26H28N4O5. The lowest BCUT2D eigenvalue weighted by Gasteiger charge is -2.24. The van der Waals surface area contributed by atoms with Gasteiger partial charge >= 0.3 is 5.69 Å². The van der Waals surface area contributed by atoms with Gasteiger partial charge in [0.2, 0.25) is 5.91 Å². The molecule has 0 aliphatic heterocycles. The summed E-state index contributed by atoms with van der Waals surface area (Å²) in [5, 5.41) is 0.772. The van der Waals surface area contributed by atoms with Crippen molar-refractivity contribution in [1.82, 2.24) is 9.55 Å². The maximum Gasteiger partial charge on any atom is 0.330 e. The van der Waals surface area contributed by atoms with Gasteiger partial charge in [0, 0.05) is 23.6 Å². The van der Waals surface area contributed by atoms with E-state index in [-0.39, 0.29) is 30.4 Å². The molecule has 0 radical (unpaired) electrons. The fourth-order valence-corrected chi connectivity index (χ4v) is 4.02. The molecule has 182 valence electrons. The molecule has 1 amide bonds. The number of unbranched alkanes of at least 4 members (excludes halogenated alkanes) is 1. The van der Waals surface area contributed by atoms with Crippen molar-refractivity contribution in [3.05, 3.63) is 86.8 Å². The Hall–Kier alpha value is -4.27. The number of H-pyrrole nitrogens is 1. The molecular weight excluding hydrogens is 448 g/mol.